The topological polar surface area (TPSA) is 3.24 Å². The first kappa shape index (κ1) is 23.4. The van der Waals surface area contributed by atoms with Gasteiger partial charge in [-0.05, 0) is 106 Å². The number of benzene rings is 2. The molecule has 0 radical (unpaired) electrons. The predicted octanol–water partition coefficient (Wildman–Crippen LogP) is 7.66. The van der Waals surface area contributed by atoms with Crippen LogP contribution in [0.25, 0.3) is 0 Å². The van der Waals surface area contributed by atoms with E-state index in [0.717, 1.165) is 81.3 Å². The third-order valence-corrected chi connectivity index (χ3v) is 7.84. The Hall–Kier alpha value is -1.74. The molecule has 0 saturated heterocycles. The molecule has 0 heterocycles. The molecule has 2 saturated carbocycles. The fourth-order valence-corrected chi connectivity index (χ4v) is 5.94. The number of nitrogens with zero attached hydrogens (tertiary/aromatic N) is 1. The molecule has 2 fully saturated rings. The fourth-order valence-electron chi connectivity index (χ4n) is 5.94. The third kappa shape index (κ3) is 5.25. The van der Waals surface area contributed by atoms with Crippen molar-refractivity contribution >= 4 is 0 Å². The van der Waals surface area contributed by atoms with Gasteiger partial charge in [0.15, 0.2) is 0 Å². The van der Waals surface area contributed by atoms with Crippen LogP contribution in [0.5, 0.6) is 0 Å². The van der Waals surface area contributed by atoms with Gasteiger partial charge in [-0.2, -0.15) is 0 Å². The van der Waals surface area contributed by atoms with Gasteiger partial charge in [0.25, 0.3) is 0 Å². The minimum Gasteiger partial charge on any atom is -0.303 e. The Morgan fingerprint density at radius 1 is 0.719 bits per heavy atom. The van der Waals surface area contributed by atoms with Crippen molar-refractivity contribution in [2.24, 2.45) is 0 Å². The molecule has 174 valence electrons. The normalized spacial score (nSPS) is 19.6. The number of halogens is 2. The molecule has 0 atom stereocenters. The zero-order valence-electron chi connectivity index (χ0n) is 19.7. The highest BCUT2D eigenvalue weighted by Crippen LogP contribution is 2.49. The van der Waals surface area contributed by atoms with Crippen LogP contribution >= 0.6 is 0 Å². The number of rotatable bonds is 10. The molecule has 0 N–H and O–H groups in total. The van der Waals surface area contributed by atoms with Crippen LogP contribution in [-0.2, 0) is 24.2 Å². The van der Waals surface area contributed by atoms with Crippen molar-refractivity contribution in [2.45, 2.75) is 88.9 Å². The average molecular weight is 440 g/mol. The van der Waals surface area contributed by atoms with Crippen molar-refractivity contribution in [2.75, 3.05) is 19.6 Å². The largest absolute Gasteiger partial charge is 0.303 e. The number of hydrogen-bond acceptors (Lipinski definition) is 1. The number of likely N-dealkylation sites (N-methyl/N-ethyl adjacent to an activating group) is 1. The van der Waals surface area contributed by atoms with Crippen LogP contribution in [0.1, 0.15) is 87.0 Å². The van der Waals surface area contributed by atoms with Gasteiger partial charge in [0.2, 0.25) is 0 Å². The lowest BCUT2D eigenvalue weighted by Crippen LogP contribution is -2.28. The molecule has 1 nitrogen and oxygen atoms in total. The van der Waals surface area contributed by atoms with Crippen LogP contribution in [0, 0.1) is 0 Å². The number of alkyl halides is 2. The van der Waals surface area contributed by atoms with E-state index >= 15 is 8.78 Å². The van der Waals surface area contributed by atoms with Crippen LogP contribution in [0.15, 0.2) is 48.5 Å². The maximum atomic E-state index is 15.9. The lowest BCUT2D eigenvalue weighted by Gasteiger charge is -2.30. The van der Waals surface area contributed by atoms with Gasteiger partial charge >= 0.3 is 0 Å². The van der Waals surface area contributed by atoms with Gasteiger partial charge in [0.05, 0.1) is 0 Å². The Morgan fingerprint density at radius 3 is 1.81 bits per heavy atom. The van der Waals surface area contributed by atoms with E-state index in [0.29, 0.717) is 25.7 Å². The Kier molecular flexibility index (Phi) is 7.66. The van der Waals surface area contributed by atoms with Gasteiger partial charge < -0.3 is 4.90 Å². The SMILES string of the molecule is CCN(CCCc1c(C2(F)CCCC2)cccc1C1(F)CCCC1)CCc1ccccc1. The van der Waals surface area contributed by atoms with Crippen molar-refractivity contribution < 1.29 is 8.78 Å². The third-order valence-electron chi connectivity index (χ3n) is 7.84. The second-order valence-corrected chi connectivity index (χ2v) is 9.95. The molecule has 2 aromatic carbocycles. The Morgan fingerprint density at radius 2 is 1.28 bits per heavy atom. The predicted molar refractivity (Wildman–Crippen MR) is 130 cm³/mol. The van der Waals surface area contributed by atoms with Gasteiger partial charge in [0, 0.05) is 6.54 Å². The van der Waals surface area contributed by atoms with Gasteiger partial charge in [0.1, 0.15) is 11.3 Å². The van der Waals surface area contributed by atoms with Crippen LogP contribution in [0.3, 0.4) is 0 Å². The molecule has 32 heavy (non-hydrogen) atoms. The molecule has 0 unspecified atom stereocenters. The highest BCUT2D eigenvalue weighted by atomic mass is 19.1. The maximum Gasteiger partial charge on any atom is 0.136 e. The molecule has 3 heteroatoms. The first-order valence-electron chi connectivity index (χ1n) is 12.8. The second-order valence-electron chi connectivity index (χ2n) is 9.95. The molecule has 2 aliphatic rings. The minimum absolute atomic E-state index is 0.584. The number of hydrogen-bond donors (Lipinski definition) is 0. The van der Waals surface area contributed by atoms with E-state index in [4.69, 9.17) is 0 Å². The smallest absolute Gasteiger partial charge is 0.136 e. The van der Waals surface area contributed by atoms with Crippen LogP contribution in [0.4, 0.5) is 8.78 Å². The molecular weight excluding hydrogens is 400 g/mol. The lowest BCUT2D eigenvalue weighted by molar-refractivity contribution is 0.162. The van der Waals surface area contributed by atoms with Crippen LogP contribution in [0.2, 0.25) is 0 Å². The molecule has 2 aliphatic carbocycles. The fraction of sp³-hybridized carbons (Fsp3) is 0.586. The van der Waals surface area contributed by atoms with E-state index in [1.54, 1.807) is 0 Å². The summed E-state index contributed by atoms with van der Waals surface area (Å²) in [6, 6.07) is 16.4. The molecule has 2 aromatic rings. The zero-order valence-corrected chi connectivity index (χ0v) is 19.7. The van der Waals surface area contributed by atoms with Gasteiger partial charge in [-0.1, -0.05) is 55.5 Å². The first-order valence-corrected chi connectivity index (χ1v) is 12.8. The van der Waals surface area contributed by atoms with E-state index in [9.17, 15) is 0 Å². The summed E-state index contributed by atoms with van der Waals surface area (Å²) in [5, 5.41) is 0. The maximum absolute atomic E-state index is 15.9. The Labute approximate surface area is 193 Å². The van der Waals surface area contributed by atoms with E-state index in [1.807, 2.05) is 18.2 Å². The molecule has 0 bridgehead atoms. The van der Waals surface area contributed by atoms with Crippen molar-refractivity contribution in [3.8, 4) is 0 Å². The molecule has 0 aromatic heterocycles. The highest BCUT2D eigenvalue weighted by Gasteiger charge is 2.42. The van der Waals surface area contributed by atoms with E-state index in [2.05, 4.69) is 42.2 Å². The van der Waals surface area contributed by atoms with Crippen molar-refractivity contribution in [3.05, 3.63) is 70.8 Å². The summed E-state index contributed by atoms with van der Waals surface area (Å²) in [7, 11) is 0. The van der Waals surface area contributed by atoms with Crippen molar-refractivity contribution in [1.29, 1.82) is 0 Å². The van der Waals surface area contributed by atoms with Crippen LogP contribution < -0.4 is 0 Å². The van der Waals surface area contributed by atoms with E-state index in [-0.39, 0.29) is 0 Å². The minimum atomic E-state index is -1.27. The molecule has 0 amide bonds. The summed E-state index contributed by atoms with van der Waals surface area (Å²) in [5.41, 5.74) is 1.41. The summed E-state index contributed by atoms with van der Waals surface area (Å²) in [4.78, 5) is 2.47. The Balaban J connectivity index is 1.48. The Bertz CT molecular complexity index is 810. The van der Waals surface area contributed by atoms with E-state index in [1.165, 1.54) is 5.56 Å². The van der Waals surface area contributed by atoms with E-state index < -0.39 is 11.3 Å². The second kappa shape index (κ2) is 10.5. The summed E-state index contributed by atoms with van der Waals surface area (Å²) in [5.74, 6) is 0. The summed E-state index contributed by atoms with van der Waals surface area (Å²) in [6.07, 6.45) is 8.83. The zero-order chi connectivity index (χ0) is 22.4. The van der Waals surface area contributed by atoms with Crippen molar-refractivity contribution in [3.63, 3.8) is 0 Å². The first-order chi connectivity index (χ1) is 15.5. The quantitative estimate of drug-likeness (QED) is 0.367. The summed E-state index contributed by atoms with van der Waals surface area (Å²) in [6.45, 7) is 5.20. The molecule has 4 rings (SSSR count). The lowest BCUT2D eigenvalue weighted by atomic mass is 9.80. The average Bonchev–Trinajstić information content (AvgIpc) is 3.46. The summed E-state index contributed by atoms with van der Waals surface area (Å²) < 4.78 is 31.8. The molecular formula is C29H39F2N. The van der Waals surface area contributed by atoms with Gasteiger partial charge in [-0.25, -0.2) is 8.78 Å². The monoisotopic (exact) mass is 439 g/mol. The standard InChI is InChI=1S/C29H39F2N/c1-2-32(23-17-24-12-4-3-5-13-24)22-11-14-25-26(28(30)18-6-7-19-28)15-10-16-27(25)29(31)20-8-9-21-29/h3-5,10,12-13,15-16H,2,6-9,11,14,17-23H2,1H3. The van der Waals surface area contributed by atoms with Crippen molar-refractivity contribution in [1.82, 2.24) is 4.90 Å². The highest BCUT2D eigenvalue weighted by molar-refractivity contribution is 5.43. The summed E-state index contributed by atoms with van der Waals surface area (Å²) >= 11 is 0. The molecule has 0 aliphatic heterocycles. The van der Waals surface area contributed by atoms with Gasteiger partial charge in [-0.3, -0.25) is 0 Å². The molecule has 0 spiro atoms. The van der Waals surface area contributed by atoms with Gasteiger partial charge in [-0.15, -0.1) is 0 Å². The van der Waals surface area contributed by atoms with Crippen LogP contribution in [-0.4, -0.2) is 24.5 Å².